The summed E-state index contributed by atoms with van der Waals surface area (Å²) in [6.45, 7) is 3.25. The first kappa shape index (κ1) is 11.4. The Hall–Kier alpha value is -0.0400. The van der Waals surface area contributed by atoms with E-state index in [1.165, 1.54) is 57.8 Å². The summed E-state index contributed by atoms with van der Waals surface area (Å²) in [6.07, 6.45) is 13.0. The summed E-state index contributed by atoms with van der Waals surface area (Å²) in [5.74, 6) is 2.04. The van der Waals surface area contributed by atoms with Gasteiger partial charge in [0.05, 0.1) is 0 Å². The first-order valence-electron chi connectivity index (χ1n) is 7.01. The number of rotatable bonds is 6. The lowest BCUT2D eigenvalue weighted by atomic mass is 9.70. The fourth-order valence-electron chi connectivity index (χ4n) is 4.12. The van der Waals surface area contributed by atoms with Gasteiger partial charge in [-0.1, -0.05) is 39.0 Å². The van der Waals surface area contributed by atoms with Gasteiger partial charge in [0.2, 0.25) is 0 Å². The van der Waals surface area contributed by atoms with E-state index >= 15 is 0 Å². The quantitative estimate of drug-likeness (QED) is 0.663. The second-order valence-electron chi connectivity index (χ2n) is 5.96. The van der Waals surface area contributed by atoms with Gasteiger partial charge in [-0.15, -0.1) is 0 Å². The molecule has 3 unspecified atom stereocenters. The molecule has 0 aromatic heterocycles. The van der Waals surface area contributed by atoms with Gasteiger partial charge >= 0.3 is 0 Å². The Morgan fingerprint density at radius 1 is 1.20 bits per heavy atom. The van der Waals surface area contributed by atoms with E-state index in [0.717, 1.165) is 18.4 Å². The monoisotopic (exact) mass is 209 g/mol. The van der Waals surface area contributed by atoms with Gasteiger partial charge in [-0.25, -0.2) is 0 Å². The number of hydrogen-bond acceptors (Lipinski definition) is 1. The van der Waals surface area contributed by atoms with Crippen molar-refractivity contribution in [3.8, 4) is 0 Å². The SMILES string of the molecule is CCCCCCC1(CN)CC2CCC1C2. The topological polar surface area (TPSA) is 26.0 Å². The van der Waals surface area contributed by atoms with E-state index in [4.69, 9.17) is 5.73 Å². The van der Waals surface area contributed by atoms with Crippen molar-refractivity contribution in [1.82, 2.24) is 0 Å². The van der Waals surface area contributed by atoms with Crippen LogP contribution < -0.4 is 5.73 Å². The maximum Gasteiger partial charge on any atom is -0.00178 e. The molecule has 0 radical (unpaired) electrons. The van der Waals surface area contributed by atoms with Crippen LogP contribution in [0.15, 0.2) is 0 Å². The molecule has 0 amide bonds. The molecule has 2 fully saturated rings. The number of unbranched alkanes of at least 4 members (excludes halogenated alkanes) is 3. The average molecular weight is 209 g/mol. The van der Waals surface area contributed by atoms with Gasteiger partial charge in [0.1, 0.15) is 0 Å². The summed E-state index contributed by atoms with van der Waals surface area (Å²) < 4.78 is 0. The molecular formula is C14H27N. The van der Waals surface area contributed by atoms with Crippen molar-refractivity contribution in [2.45, 2.75) is 64.7 Å². The molecule has 2 rings (SSSR count). The van der Waals surface area contributed by atoms with Gasteiger partial charge in [-0.3, -0.25) is 0 Å². The van der Waals surface area contributed by atoms with Gasteiger partial charge in [-0.05, 0) is 49.5 Å². The lowest BCUT2D eigenvalue weighted by Crippen LogP contribution is -2.35. The minimum absolute atomic E-state index is 0.580. The summed E-state index contributed by atoms with van der Waals surface area (Å²) in [5.41, 5.74) is 6.65. The first-order valence-corrected chi connectivity index (χ1v) is 7.01. The normalized spacial score (nSPS) is 38.8. The van der Waals surface area contributed by atoms with Crippen LogP contribution in [0.4, 0.5) is 0 Å². The molecule has 3 atom stereocenters. The summed E-state index contributed by atoms with van der Waals surface area (Å²) in [6, 6.07) is 0. The maximum atomic E-state index is 6.07. The van der Waals surface area contributed by atoms with E-state index in [-0.39, 0.29) is 0 Å². The molecule has 0 spiro atoms. The van der Waals surface area contributed by atoms with E-state index < -0.39 is 0 Å². The van der Waals surface area contributed by atoms with Crippen LogP contribution in [0.5, 0.6) is 0 Å². The van der Waals surface area contributed by atoms with Crippen LogP contribution in [0.1, 0.15) is 64.7 Å². The summed E-state index contributed by atoms with van der Waals surface area (Å²) >= 11 is 0. The van der Waals surface area contributed by atoms with Crippen molar-refractivity contribution in [2.75, 3.05) is 6.54 Å². The molecule has 15 heavy (non-hydrogen) atoms. The van der Waals surface area contributed by atoms with Crippen LogP contribution in [0, 0.1) is 17.3 Å². The van der Waals surface area contributed by atoms with Crippen LogP contribution in [0.25, 0.3) is 0 Å². The van der Waals surface area contributed by atoms with E-state index in [1.807, 2.05) is 0 Å². The van der Waals surface area contributed by atoms with Gasteiger partial charge in [0.15, 0.2) is 0 Å². The molecular weight excluding hydrogens is 182 g/mol. The van der Waals surface area contributed by atoms with Gasteiger partial charge < -0.3 is 5.73 Å². The highest BCUT2D eigenvalue weighted by Crippen LogP contribution is 2.57. The summed E-state index contributed by atoms with van der Waals surface area (Å²) in [7, 11) is 0. The van der Waals surface area contributed by atoms with Crippen LogP contribution in [0.3, 0.4) is 0 Å². The van der Waals surface area contributed by atoms with Gasteiger partial charge in [0.25, 0.3) is 0 Å². The molecule has 2 aliphatic rings. The molecule has 88 valence electrons. The Labute approximate surface area is 94.8 Å². The average Bonchev–Trinajstić information content (AvgIpc) is 2.85. The maximum absolute atomic E-state index is 6.07. The van der Waals surface area contributed by atoms with Crippen molar-refractivity contribution >= 4 is 0 Å². The van der Waals surface area contributed by atoms with Crippen LogP contribution in [-0.4, -0.2) is 6.54 Å². The van der Waals surface area contributed by atoms with Crippen molar-refractivity contribution in [1.29, 1.82) is 0 Å². The summed E-state index contributed by atoms with van der Waals surface area (Å²) in [5, 5.41) is 0. The molecule has 0 aromatic carbocycles. The third-order valence-corrected chi connectivity index (χ3v) is 5.04. The predicted octanol–water partition coefficient (Wildman–Crippen LogP) is 3.72. The molecule has 0 saturated heterocycles. The molecule has 0 aromatic rings. The zero-order chi connectivity index (χ0) is 10.7. The smallest absolute Gasteiger partial charge is 0.00178 e. The Morgan fingerprint density at radius 2 is 2.07 bits per heavy atom. The lowest BCUT2D eigenvalue weighted by Gasteiger charge is -2.37. The molecule has 2 aliphatic carbocycles. The lowest BCUT2D eigenvalue weighted by molar-refractivity contribution is 0.152. The number of hydrogen-bond donors (Lipinski definition) is 1. The number of nitrogens with two attached hydrogens (primary N) is 1. The van der Waals surface area contributed by atoms with E-state index in [0.29, 0.717) is 5.41 Å². The van der Waals surface area contributed by atoms with E-state index in [9.17, 15) is 0 Å². The third-order valence-electron chi connectivity index (χ3n) is 5.04. The van der Waals surface area contributed by atoms with Crippen molar-refractivity contribution in [3.63, 3.8) is 0 Å². The van der Waals surface area contributed by atoms with Gasteiger partial charge in [-0.2, -0.15) is 0 Å². The minimum atomic E-state index is 0.580. The molecule has 2 N–H and O–H groups in total. The molecule has 2 saturated carbocycles. The first-order chi connectivity index (χ1) is 7.30. The fourth-order valence-corrected chi connectivity index (χ4v) is 4.12. The van der Waals surface area contributed by atoms with Crippen molar-refractivity contribution in [3.05, 3.63) is 0 Å². The number of fused-ring (bicyclic) bond motifs is 2. The molecule has 2 bridgehead atoms. The molecule has 1 heteroatoms. The second-order valence-corrected chi connectivity index (χ2v) is 5.96. The Balaban J connectivity index is 1.81. The zero-order valence-electron chi connectivity index (χ0n) is 10.3. The highest BCUT2D eigenvalue weighted by molar-refractivity contribution is 5.00. The largest absolute Gasteiger partial charge is 0.330 e. The Bertz CT molecular complexity index is 202. The highest BCUT2D eigenvalue weighted by atomic mass is 14.7. The molecule has 0 heterocycles. The van der Waals surface area contributed by atoms with Crippen molar-refractivity contribution in [2.24, 2.45) is 23.0 Å². The zero-order valence-corrected chi connectivity index (χ0v) is 10.3. The molecule has 1 nitrogen and oxygen atoms in total. The van der Waals surface area contributed by atoms with Crippen molar-refractivity contribution < 1.29 is 0 Å². The summed E-state index contributed by atoms with van der Waals surface area (Å²) in [4.78, 5) is 0. The van der Waals surface area contributed by atoms with Crippen LogP contribution in [0.2, 0.25) is 0 Å². The minimum Gasteiger partial charge on any atom is -0.330 e. The molecule has 0 aliphatic heterocycles. The standard InChI is InChI=1S/C14H27N/c1-2-3-4-5-8-14(11-15)10-12-6-7-13(14)9-12/h12-13H,2-11,15H2,1H3. The van der Waals surface area contributed by atoms with E-state index in [1.54, 1.807) is 0 Å². The predicted molar refractivity (Wildman–Crippen MR) is 65.7 cm³/mol. The Morgan fingerprint density at radius 3 is 2.60 bits per heavy atom. The van der Waals surface area contributed by atoms with Gasteiger partial charge in [0, 0.05) is 0 Å². The third kappa shape index (κ3) is 2.22. The fraction of sp³-hybridized carbons (Fsp3) is 1.00. The van der Waals surface area contributed by atoms with Crippen LogP contribution in [-0.2, 0) is 0 Å². The second kappa shape index (κ2) is 4.86. The highest BCUT2D eigenvalue weighted by Gasteiger charge is 2.49. The van der Waals surface area contributed by atoms with Crippen LogP contribution >= 0.6 is 0 Å². The Kier molecular flexibility index (Phi) is 3.71. The van der Waals surface area contributed by atoms with E-state index in [2.05, 4.69) is 6.92 Å².